The molecule has 3 rings (SSSR count). The van der Waals surface area contributed by atoms with Gasteiger partial charge < -0.3 is 9.64 Å². The maximum atomic E-state index is 12.2. The number of pyridine rings is 1. The number of hydrogen-bond acceptors (Lipinski definition) is 5. The van der Waals surface area contributed by atoms with Gasteiger partial charge in [-0.05, 0) is 74.9 Å². The van der Waals surface area contributed by atoms with Crippen LogP contribution >= 0.6 is 0 Å². The molecule has 0 aliphatic carbocycles. The first kappa shape index (κ1) is 23.0. The molecule has 0 saturated carbocycles. The van der Waals surface area contributed by atoms with Crippen molar-refractivity contribution in [3.63, 3.8) is 0 Å². The van der Waals surface area contributed by atoms with Crippen molar-refractivity contribution in [2.75, 3.05) is 19.3 Å². The second-order valence-corrected chi connectivity index (χ2v) is 10.9. The molecule has 0 unspecified atom stereocenters. The van der Waals surface area contributed by atoms with Gasteiger partial charge in [-0.3, -0.25) is 4.98 Å². The van der Waals surface area contributed by atoms with Crippen LogP contribution in [0.5, 0.6) is 0 Å². The van der Waals surface area contributed by atoms with Crippen LogP contribution in [-0.4, -0.2) is 49.3 Å². The highest BCUT2D eigenvalue weighted by Crippen LogP contribution is 2.28. The SMILES string of the molecule is CC(C)(C)OC(=O)N1CCC(c2ccc(/C=C/c3ccc(S(C)(=O)=O)cc3)nc2)CC1. The van der Waals surface area contributed by atoms with E-state index in [-0.39, 0.29) is 6.09 Å². The van der Waals surface area contributed by atoms with Crippen LogP contribution in [0.25, 0.3) is 12.2 Å². The van der Waals surface area contributed by atoms with E-state index in [1.54, 1.807) is 29.2 Å². The summed E-state index contributed by atoms with van der Waals surface area (Å²) < 4.78 is 28.5. The Morgan fingerprint density at radius 1 is 1.06 bits per heavy atom. The fourth-order valence-electron chi connectivity index (χ4n) is 3.49. The minimum absolute atomic E-state index is 0.242. The van der Waals surface area contributed by atoms with Gasteiger partial charge in [-0.25, -0.2) is 13.2 Å². The summed E-state index contributed by atoms with van der Waals surface area (Å²) in [6.45, 7) is 7.01. The van der Waals surface area contributed by atoms with Gasteiger partial charge in [-0.15, -0.1) is 0 Å². The highest BCUT2D eigenvalue weighted by molar-refractivity contribution is 7.90. The molecule has 0 N–H and O–H groups in total. The molecule has 0 radical (unpaired) electrons. The van der Waals surface area contributed by atoms with Crippen molar-refractivity contribution in [1.29, 1.82) is 0 Å². The molecule has 1 fully saturated rings. The average Bonchev–Trinajstić information content (AvgIpc) is 2.71. The standard InChI is InChI=1S/C24H30N2O4S/c1-24(2,3)30-23(27)26-15-13-19(14-16-26)20-8-10-21(25-17-20)9-5-18-6-11-22(12-7-18)31(4,28)29/h5-12,17,19H,13-16H2,1-4H3/b9-5+. The number of carbonyl (C=O) groups is 1. The molecule has 0 bridgehead atoms. The molecule has 6 nitrogen and oxygen atoms in total. The number of hydrogen-bond donors (Lipinski definition) is 0. The summed E-state index contributed by atoms with van der Waals surface area (Å²) in [5.74, 6) is 0.382. The van der Waals surface area contributed by atoms with E-state index in [0.29, 0.717) is 23.9 Å². The summed E-state index contributed by atoms with van der Waals surface area (Å²) in [5.41, 5.74) is 2.45. The third-order valence-electron chi connectivity index (χ3n) is 5.18. The number of ether oxygens (including phenoxy) is 1. The van der Waals surface area contributed by atoms with Gasteiger partial charge in [0.05, 0.1) is 10.6 Å². The summed E-state index contributed by atoms with van der Waals surface area (Å²) >= 11 is 0. The molecule has 1 aliphatic rings. The van der Waals surface area contributed by atoms with E-state index in [1.165, 1.54) is 11.8 Å². The minimum atomic E-state index is -3.18. The van der Waals surface area contributed by atoms with Crippen molar-refractivity contribution in [3.8, 4) is 0 Å². The summed E-state index contributed by atoms with van der Waals surface area (Å²) in [6.07, 6.45) is 8.46. The van der Waals surface area contributed by atoms with E-state index >= 15 is 0 Å². The molecule has 1 aliphatic heterocycles. The summed E-state index contributed by atoms with van der Waals surface area (Å²) in [6, 6.07) is 10.8. The third kappa shape index (κ3) is 6.66. The first-order valence-electron chi connectivity index (χ1n) is 10.4. The maximum Gasteiger partial charge on any atom is 0.410 e. The summed E-state index contributed by atoms with van der Waals surface area (Å²) in [7, 11) is -3.18. The van der Waals surface area contributed by atoms with E-state index in [0.717, 1.165) is 24.1 Å². The molecule has 166 valence electrons. The molecule has 0 spiro atoms. The van der Waals surface area contributed by atoms with Crippen LogP contribution in [0.15, 0.2) is 47.5 Å². The zero-order valence-electron chi connectivity index (χ0n) is 18.5. The Hall–Kier alpha value is -2.67. The van der Waals surface area contributed by atoms with Gasteiger partial charge in [0.15, 0.2) is 9.84 Å². The van der Waals surface area contributed by atoms with Crippen LogP contribution in [0, 0.1) is 0 Å². The topological polar surface area (TPSA) is 76.6 Å². The van der Waals surface area contributed by atoms with Crippen LogP contribution in [0.2, 0.25) is 0 Å². The molecule has 1 aromatic heterocycles. The number of likely N-dealkylation sites (tertiary alicyclic amines) is 1. The Kier molecular flexibility index (Phi) is 6.84. The molecule has 7 heteroatoms. The van der Waals surface area contributed by atoms with Crippen molar-refractivity contribution in [3.05, 3.63) is 59.4 Å². The fraction of sp³-hybridized carbons (Fsp3) is 0.417. The average molecular weight is 443 g/mol. The lowest BCUT2D eigenvalue weighted by Gasteiger charge is -2.33. The highest BCUT2D eigenvalue weighted by Gasteiger charge is 2.27. The van der Waals surface area contributed by atoms with Crippen molar-refractivity contribution >= 4 is 28.1 Å². The highest BCUT2D eigenvalue weighted by atomic mass is 32.2. The van der Waals surface area contributed by atoms with Crippen LogP contribution < -0.4 is 0 Å². The quantitative estimate of drug-likeness (QED) is 0.682. The predicted octanol–water partition coefficient (Wildman–Crippen LogP) is 4.77. The first-order chi connectivity index (χ1) is 14.5. The number of carbonyl (C=O) groups excluding carboxylic acids is 1. The summed E-state index contributed by atoms with van der Waals surface area (Å²) in [4.78, 5) is 18.8. The second kappa shape index (κ2) is 9.22. The molecular formula is C24H30N2O4S. The van der Waals surface area contributed by atoms with Gasteiger partial charge >= 0.3 is 6.09 Å². The third-order valence-corrected chi connectivity index (χ3v) is 6.31. The van der Waals surface area contributed by atoms with Gasteiger partial charge in [-0.2, -0.15) is 0 Å². The van der Waals surface area contributed by atoms with Crippen LogP contribution in [0.4, 0.5) is 4.79 Å². The molecule has 0 atom stereocenters. The number of aromatic nitrogens is 1. The van der Waals surface area contributed by atoms with E-state index in [9.17, 15) is 13.2 Å². The Labute approximate surface area is 184 Å². The van der Waals surface area contributed by atoms with Gasteiger partial charge in [-0.1, -0.05) is 24.3 Å². The number of piperidine rings is 1. The molecule has 1 saturated heterocycles. The minimum Gasteiger partial charge on any atom is -0.444 e. The number of benzene rings is 1. The van der Waals surface area contributed by atoms with Crippen molar-refractivity contribution in [1.82, 2.24) is 9.88 Å². The molecule has 2 aromatic rings. The van der Waals surface area contributed by atoms with Gasteiger partial charge in [0, 0.05) is 25.5 Å². The Morgan fingerprint density at radius 3 is 2.23 bits per heavy atom. The first-order valence-corrected chi connectivity index (χ1v) is 12.3. The predicted molar refractivity (Wildman–Crippen MR) is 122 cm³/mol. The normalized spacial score (nSPS) is 15.9. The Balaban J connectivity index is 1.56. The van der Waals surface area contributed by atoms with Gasteiger partial charge in [0.1, 0.15) is 5.60 Å². The van der Waals surface area contributed by atoms with Crippen molar-refractivity contribution in [2.24, 2.45) is 0 Å². The number of sulfone groups is 1. The molecule has 1 amide bonds. The Bertz CT molecular complexity index is 1030. The largest absolute Gasteiger partial charge is 0.444 e. The molecule has 1 aromatic carbocycles. The van der Waals surface area contributed by atoms with Crippen LogP contribution in [0.1, 0.15) is 56.4 Å². The Morgan fingerprint density at radius 2 is 1.71 bits per heavy atom. The second-order valence-electron chi connectivity index (χ2n) is 8.93. The fourth-order valence-corrected chi connectivity index (χ4v) is 4.12. The zero-order chi connectivity index (χ0) is 22.6. The van der Waals surface area contributed by atoms with E-state index in [1.807, 2.05) is 45.2 Å². The summed E-state index contributed by atoms with van der Waals surface area (Å²) in [5, 5.41) is 0. The lowest BCUT2D eigenvalue weighted by atomic mass is 9.90. The van der Waals surface area contributed by atoms with Crippen molar-refractivity contribution in [2.45, 2.75) is 50.0 Å². The molecule has 2 heterocycles. The van der Waals surface area contributed by atoms with E-state index < -0.39 is 15.4 Å². The number of nitrogens with zero attached hydrogens (tertiary/aromatic N) is 2. The maximum absolute atomic E-state index is 12.2. The van der Waals surface area contributed by atoms with Gasteiger partial charge in [0.25, 0.3) is 0 Å². The van der Waals surface area contributed by atoms with Crippen LogP contribution in [0.3, 0.4) is 0 Å². The number of amides is 1. The smallest absolute Gasteiger partial charge is 0.410 e. The van der Waals surface area contributed by atoms with E-state index in [2.05, 4.69) is 11.1 Å². The molecule has 31 heavy (non-hydrogen) atoms. The molecular weight excluding hydrogens is 412 g/mol. The van der Waals surface area contributed by atoms with E-state index in [4.69, 9.17) is 4.74 Å². The van der Waals surface area contributed by atoms with Crippen molar-refractivity contribution < 1.29 is 17.9 Å². The van der Waals surface area contributed by atoms with Crippen LogP contribution in [-0.2, 0) is 14.6 Å². The lowest BCUT2D eigenvalue weighted by molar-refractivity contribution is 0.0205. The zero-order valence-corrected chi connectivity index (χ0v) is 19.4. The number of rotatable bonds is 4. The lowest BCUT2D eigenvalue weighted by Crippen LogP contribution is -2.41. The monoisotopic (exact) mass is 442 g/mol. The van der Waals surface area contributed by atoms with Gasteiger partial charge in [0.2, 0.25) is 0 Å².